The van der Waals surface area contributed by atoms with Crippen LogP contribution in [0.5, 0.6) is 0 Å². The zero-order valence-corrected chi connectivity index (χ0v) is 8.10. The lowest BCUT2D eigenvalue weighted by molar-refractivity contribution is 0.436. The van der Waals surface area contributed by atoms with Gasteiger partial charge in [0, 0.05) is 10.9 Å². The third-order valence-corrected chi connectivity index (χ3v) is 3.03. The minimum Gasteiger partial charge on any atom is -0.381 e. The Bertz CT molecular complexity index is 405. The molecule has 0 bridgehead atoms. The standard InChI is InChI=1S/C9H10N2OS/c1-2-6-3-4-8(13-6)7-5-9(10)11-12-7/h3-5H,2H2,1H3,(H2,10,11). The minimum absolute atomic E-state index is 0.432. The molecule has 2 heterocycles. The van der Waals surface area contributed by atoms with Gasteiger partial charge >= 0.3 is 0 Å². The van der Waals surface area contributed by atoms with Crippen molar-refractivity contribution in [2.75, 3.05) is 5.73 Å². The average Bonchev–Trinajstić information content (AvgIpc) is 2.71. The number of thiophene rings is 1. The maximum atomic E-state index is 5.46. The van der Waals surface area contributed by atoms with Crippen LogP contribution in [0.3, 0.4) is 0 Å². The number of nitrogens with zero attached hydrogens (tertiary/aromatic N) is 1. The topological polar surface area (TPSA) is 52.0 Å². The summed E-state index contributed by atoms with van der Waals surface area (Å²) in [7, 11) is 0. The lowest BCUT2D eigenvalue weighted by Gasteiger charge is -1.85. The number of hydrogen-bond acceptors (Lipinski definition) is 4. The smallest absolute Gasteiger partial charge is 0.179 e. The summed E-state index contributed by atoms with van der Waals surface area (Å²) in [5.74, 6) is 1.18. The number of rotatable bonds is 2. The van der Waals surface area contributed by atoms with Gasteiger partial charge in [0.25, 0.3) is 0 Å². The Morgan fingerprint density at radius 3 is 2.92 bits per heavy atom. The Balaban J connectivity index is 2.35. The predicted octanol–water partition coefficient (Wildman–Crippen LogP) is 2.55. The lowest BCUT2D eigenvalue weighted by Crippen LogP contribution is -1.79. The number of nitrogen functional groups attached to an aromatic ring is 1. The van der Waals surface area contributed by atoms with Gasteiger partial charge in [-0.15, -0.1) is 11.3 Å². The zero-order chi connectivity index (χ0) is 9.26. The van der Waals surface area contributed by atoms with Crippen molar-refractivity contribution in [1.82, 2.24) is 5.16 Å². The Kier molecular flexibility index (Phi) is 2.06. The first-order chi connectivity index (χ1) is 6.29. The first-order valence-corrected chi connectivity index (χ1v) is 4.92. The van der Waals surface area contributed by atoms with Crippen molar-refractivity contribution in [3.8, 4) is 10.6 Å². The molecule has 0 aliphatic rings. The molecular weight excluding hydrogens is 184 g/mol. The maximum absolute atomic E-state index is 5.46. The van der Waals surface area contributed by atoms with Gasteiger partial charge in [0.2, 0.25) is 0 Å². The van der Waals surface area contributed by atoms with Crippen molar-refractivity contribution >= 4 is 17.2 Å². The molecule has 2 aromatic rings. The fourth-order valence-corrected chi connectivity index (χ4v) is 2.00. The van der Waals surface area contributed by atoms with E-state index < -0.39 is 0 Å². The Morgan fingerprint density at radius 1 is 1.54 bits per heavy atom. The fraction of sp³-hybridized carbons (Fsp3) is 0.222. The van der Waals surface area contributed by atoms with E-state index in [-0.39, 0.29) is 0 Å². The van der Waals surface area contributed by atoms with Gasteiger partial charge < -0.3 is 10.3 Å². The number of aryl methyl sites for hydroxylation is 1. The van der Waals surface area contributed by atoms with Crippen LogP contribution in [0.15, 0.2) is 22.7 Å². The fourth-order valence-electron chi connectivity index (χ4n) is 1.11. The number of aromatic nitrogens is 1. The Hall–Kier alpha value is -1.29. The molecule has 0 radical (unpaired) electrons. The van der Waals surface area contributed by atoms with E-state index in [0.717, 1.165) is 17.1 Å². The molecule has 0 amide bonds. The SMILES string of the molecule is CCc1ccc(-c2cc(N)no2)s1. The summed E-state index contributed by atoms with van der Waals surface area (Å²) in [4.78, 5) is 2.42. The van der Waals surface area contributed by atoms with E-state index in [0.29, 0.717) is 5.82 Å². The van der Waals surface area contributed by atoms with E-state index in [1.807, 2.05) is 6.07 Å². The molecule has 0 saturated carbocycles. The van der Waals surface area contributed by atoms with Gasteiger partial charge in [0.05, 0.1) is 4.88 Å². The summed E-state index contributed by atoms with van der Waals surface area (Å²) in [6, 6.07) is 5.87. The van der Waals surface area contributed by atoms with Crippen LogP contribution < -0.4 is 5.73 Å². The molecule has 2 aromatic heterocycles. The molecule has 2 rings (SSSR count). The van der Waals surface area contributed by atoms with Crippen LogP contribution in [0.1, 0.15) is 11.8 Å². The van der Waals surface area contributed by atoms with Crippen LogP contribution in [0.25, 0.3) is 10.6 Å². The van der Waals surface area contributed by atoms with Gasteiger partial charge in [-0.3, -0.25) is 0 Å². The van der Waals surface area contributed by atoms with Gasteiger partial charge in [-0.2, -0.15) is 0 Å². The van der Waals surface area contributed by atoms with Crippen molar-refractivity contribution in [2.45, 2.75) is 13.3 Å². The van der Waals surface area contributed by atoms with Crippen LogP contribution in [0.4, 0.5) is 5.82 Å². The monoisotopic (exact) mass is 194 g/mol. The number of nitrogens with two attached hydrogens (primary N) is 1. The average molecular weight is 194 g/mol. The summed E-state index contributed by atoms with van der Waals surface area (Å²) in [5.41, 5.74) is 5.46. The molecule has 0 aliphatic carbocycles. The van der Waals surface area contributed by atoms with Crippen LogP contribution in [-0.4, -0.2) is 5.16 Å². The maximum Gasteiger partial charge on any atom is 0.179 e. The first-order valence-electron chi connectivity index (χ1n) is 4.11. The highest BCUT2D eigenvalue weighted by atomic mass is 32.1. The van der Waals surface area contributed by atoms with Crippen LogP contribution in [0, 0.1) is 0 Å². The van der Waals surface area contributed by atoms with E-state index in [1.54, 1.807) is 17.4 Å². The first kappa shape index (κ1) is 8.31. The molecule has 0 aromatic carbocycles. The van der Waals surface area contributed by atoms with E-state index in [1.165, 1.54) is 4.88 Å². The van der Waals surface area contributed by atoms with Crippen molar-refractivity contribution in [1.29, 1.82) is 0 Å². The van der Waals surface area contributed by atoms with Crippen LogP contribution in [-0.2, 0) is 6.42 Å². The third-order valence-electron chi connectivity index (χ3n) is 1.78. The molecule has 0 aliphatic heterocycles. The van der Waals surface area contributed by atoms with Gasteiger partial charge in [0.1, 0.15) is 0 Å². The van der Waals surface area contributed by atoms with Gasteiger partial charge in [0.15, 0.2) is 11.6 Å². The summed E-state index contributed by atoms with van der Waals surface area (Å²) in [5, 5.41) is 3.64. The van der Waals surface area contributed by atoms with Crippen molar-refractivity contribution in [3.05, 3.63) is 23.1 Å². The van der Waals surface area contributed by atoms with E-state index >= 15 is 0 Å². The highest BCUT2D eigenvalue weighted by Crippen LogP contribution is 2.29. The van der Waals surface area contributed by atoms with E-state index in [9.17, 15) is 0 Å². The summed E-state index contributed by atoms with van der Waals surface area (Å²) in [6.07, 6.45) is 1.05. The number of anilines is 1. The molecule has 3 nitrogen and oxygen atoms in total. The predicted molar refractivity (Wildman–Crippen MR) is 53.6 cm³/mol. The molecule has 4 heteroatoms. The Labute approximate surface area is 80.2 Å². The van der Waals surface area contributed by atoms with Crippen LogP contribution in [0.2, 0.25) is 0 Å². The zero-order valence-electron chi connectivity index (χ0n) is 7.28. The van der Waals surface area contributed by atoms with Gasteiger partial charge in [-0.25, -0.2) is 0 Å². The molecule has 0 fully saturated rings. The molecule has 68 valence electrons. The van der Waals surface area contributed by atoms with E-state index in [4.69, 9.17) is 10.3 Å². The summed E-state index contributed by atoms with van der Waals surface area (Å²) in [6.45, 7) is 2.13. The normalized spacial score (nSPS) is 10.5. The largest absolute Gasteiger partial charge is 0.381 e. The van der Waals surface area contributed by atoms with E-state index in [2.05, 4.69) is 18.1 Å². The van der Waals surface area contributed by atoms with Crippen molar-refractivity contribution in [2.24, 2.45) is 0 Å². The quantitative estimate of drug-likeness (QED) is 0.799. The molecule has 0 spiro atoms. The second-order valence-electron chi connectivity index (χ2n) is 2.74. The molecule has 0 saturated heterocycles. The lowest BCUT2D eigenvalue weighted by atomic mass is 10.3. The third kappa shape index (κ3) is 1.58. The highest BCUT2D eigenvalue weighted by molar-refractivity contribution is 7.15. The second kappa shape index (κ2) is 3.22. The molecule has 13 heavy (non-hydrogen) atoms. The van der Waals surface area contributed by atoms with Crippen LogP contribution >= 0.6 is 11.3 Å². The minimum atomic E-state index is 0.432. The molecule has 0 unspecified atom stereocenters. The van der Waals surface area contributed by atoms with Gasteiger partial charge in [-0.1, -0.05) is 12.1 Å². The molecule has 0 atom stereocenters. The van der Waals surface area contributed by atoms with Crippen molar-refractivity contribution < 1.29 is 4.52 Å². The summed E-state index contributed by atoms with van der Waals surface area (Å²) < 4.78 is 5.04. The molecule has 2 N–H and O–H groups in total. The highest BCUT2D eigenvalue weighted by Gasteiger charge is 2.06. The summed E-state index contributed by atoms with van der Waals surface area (Å²) >= 11 is 1.71. The van der Waals surface area contributed by atoms with Crippen molar-refractivity contribution in [3.63, 3.8) is 0 Å². The number of hydrogen-bond donors (Lipinski definition) is 1. The molecular formula is C9H10N2OS. The Morgan fingerprint density at radius 2 is 2.38 bits per heavy atom. The van der Waals surface area contributed by atoms with Gasteiger partial charge in [-0.05, 0) is 18.6 Å². The second-order valence-corrected chi connectivity index (χ2v) is 3.90.